The molecular formula is C30H48O3. The molecule has 0 aromatic rings. The third-order valence-electron chi connectivity index (χ3n) is 8.79. The summed E-state index contributed by atoms with van der Waals surface area (Å²) in [5.74, 6) is 1.96. The number of hydrogen-bond donors (Lipinski definition) is 3. The highest BCUT2D eigenvalue weighted by Crippen LogP contribution is 2.59. The van der Waals surface area contributed by atoms with Gasteiger partial charge in [-0.15, -0.1) is 0 Å². The van der Waals surface area contributed by atoms with Crippen LogP contribution in [-0.2, 0) is 0 Å². The monoisotopic (exact) mass is 456 g/mol. The van der Waals surface area contributed by atoms with E-state index in [0.717, 1.165) is 42.7 Å². The molecule has 0 saturated heterocycles. The minimum absolute atomic E-state index is 0.357. The minimum Gasteiger partial charge on any atom is -0.393 e. The molecule has 0 aromatic heterocycles. The zero-order valence-electron chi connectivity index (χ0n) is 21.5. The molecule has 3 saturated carbocycles. The third-order valence-corrected chi connectivity index (χ3v) is 8.79. The summed E-state index contributed by atoms with van der Waals surface area (Å²) >= 11 is 0. The summed E-state index contributed by atoms with van der Waals surface area (Å²) in [6, 6.07) is 0. The van der Waals surface area contributed by atoms with Crippen LogP contribution in [0, 0.1) is 23.2 Å². The summed E-state index contributed by atoms with van der Waals surface area (Å²) in [5.41, 5.74) is 3.16. The van der Waals surface area contributed by atoms with Crippen LogP contribution in [0.2, 0.25) is 0 Å². The Kier molecular flexibility index (Phi) is 8.86. The van der Waals surface area contributed by atoms with Crippen LogP contribution in [0.1, 0.15) is 98.3 Å². The number of unbranched alkanes of at least 4 members (excludes halogenated alkanes) is 2. The minimum atomic E-state index is -0.617. The Balaban J connectivity index is 1.62. The second-order valence-electron chi connectivity index (χ2n) is 12.0. The van der Waals surface area contributed by atoms with Crippen LogP contribution in [0.4, 0.5) is 0 Å². The second-order valence-corrected chi connectivity index (χ2v) is 12.0. The number of hydrogen-bond acceptors (Lipinski definition) is 3. The maximum Gasteiger partial charge on any atom is 0.0811 e. The van der Waals surface area contributed by atoms with Gasteiger partial charge in [-0.2, -0.15) is 0 Å². The molecule has 3 N–H and O–H groups in total. The first kappa shape index (κ1) is 26.4. The van der Waals surface area contributed by atoms with Crippen molar-refractivity contribution in [2.75, 3.05) is 0 Å². The molecule has 3 nitrogen and oxygen atoms in total. The zero-order valence-corrected chi connectivity index (χ0v) is 21.5. The first-order chi connectivity index (χ1) is 15.5. The van der Waals surface area contributed by atoms with Crippen molar-refractivity contribution in [3.8, 4) is 0 Å². The first-order valence-electron chi connectivity index (χ1n) is 13.3. The van der Waals surface area contributed by atoms with Gasteiger partial charge < -0.3 is 15.3 Å². The van der Waals surface area contributed by atoms with E-state index < -0.39 is 17.8 Å². The third kappa shape index (κ3) is 6.71. The van der Waals surface area contributed by atoms with Crippen molar-refractivity contribution in [1.82, 2.24) is 0 Å². The highest BCUT2D eigenvalue weighted by Gasteiger charge is 2.50. The van der Waals surface area contributed by atoms with E-state index in [4.69, 9.17) is 0 Å². The Bertz CT molecular complexity index is 768. The standard InChI is InChI=1S/C30H48O3/c1-21(11-8-6-7-9-17-29(3,4)33)26-15-16-27-23(12-10-18-30(26,27)5)13-14-24-19-25(31)20-28(32)22(24)2/h8,11,13-14,21,25-28,31-33H,2,6-7,9-10,12,15-20H2,1,3-5H3/b11-8+,23-13+,24-14+/t21?,25-,26?,27+,28+,30-/m1/s1. The number of aliphatic hydroxyl groups is 3. The van der Waals surface area contributed by atoms with Gasteiger partial charge in [0.2, 0.25) is 0 Å². The highest BCUT2D eigenvalue weighted by atomic mass is 16.3. The summed E-state index contributed by atoms with van der Waals surface area (Å²) < 4.78 is 0. The summed E-state index contributed by atoms with van der Waals surface area (Å²) in [6.45, 7) is 12.8. The number of aliphatic hydroxyl groups excluding tert-OH is 2. The molecule has 0 aliphatic heterocycles. The van der Waals surface area contributed by atoms with Gasteiger partial charge in [-0.25, -0.2) is 0 Å². The molecular weight excluding hydrogens is 408 g/mol. The maximum absolute atomic E-state index is 10.2. The predicted octanol–water partition coefficient (Wildman–Crippen LogP) is 6.65. The molecule has 3 aliphatic carbocycles. The molecule has 3 aliphatic rings. The number of fused-ring (bicyclic) bond motifs is 1. The van der Waals surface area contributed by atoms with Gasteiger partial charge in [-0.3, -0.25) is 0 Å². The molecule has 6 atom stereocenters. The van der Waals surface area contributed by atoms with Crippen molar-refractivity contribution in [3.05, 3.63) is 47.6 Å². The fourth-order valence-corrected chi connectivity index (χ4v) is 6.87. The Labute approximate surface area is 202 Å². The maximum atomic E-state index is 10.2. The Morgan fingerprint density at radius 1 is 1.18 bits per heavy atom. The van der Waals surface area contributed by atoms with Crippen LogP contribution in [0.25, 0.3) is 0 Å². The van der Waals surface area contributed by atoms with Crippen LogP contribution in [0.15, 0.2) is 47.6 Å². The summed E-state index contributed by atoms with van der Waals surface area (Å²) in [5, 5.41) is 30.1. The molecule has 0 radical (unpaired) electrons. The Morgan fingerprint density at radius 2 is 1.94 bits per heavy atom. The number of rotatable bonds is 8. The summed E-state index contributed by atoms with van der Waals surface area (Å²) in [4.78, 5) is 0. The first-order valence-corrected chi connectivity index (χ1v) is 13.3. The lowest BCUT2D eigenvalue weighted by Gasteiger charge is -2.44. The molecule has 0 bridgehead atoms. The van der Waals surface area contributed by atoms with E-state index in [1.165, 1.54) is 32.1 Å². The van der Waals surface area contributed by atoms with Gasteiger partial charge in [-0.05, 0) is 106 Å². The van der Waals surface area contributed by atoms with Gasteiger partial charge in [0, 0.05) is 6.42 Å². The summed E-state index contributed by atoms with van der Waals surface area (Å²) in [6.07, 6.45) is 19.7. The van der Waals surface area contributed by atoms with E-state index >= 15 is 0 Å². The molecule has 0 amide bonds. The normalized spacial score (nSPS) is 36.6. The smallest absolute Gasteiger partial charge is 0.0811 e. The van der Waals surface area contributed by atoms with E-state index in [1.807, 2.05) is 13.8 Å². The van der Waals surface area contributed by atoms with Crippen molar-refractivity contribution in [2.24, 2.45) is 23.2 Å². The topological polar surface area (TPSA) is 60.7 Å². The van der Waals surface area contributed by atoms with Crippen LogP contribution in [0.3, 0.4) is 0 Å². The second kappa shape index (κ2) is 11.1. The SMILES string of the molecule is C=C1/C(=C/C=C2\CCC[C@]3(C)C(C(C)/C=C/CCCCC(C)(C)O)CC[C@@H]23)C[C@@H](O)C[C@@H]1O. The van der Waals surface area contributed by atoms with Crippen LogP contribution >= 0.6 is 0 Å². The zero-order chi connectivity index (χ0) is 24.2. The molecule has 0 spiro atoms. The van der Waals surface area contributed by atoms with Crippen molar-refractivity contribution in [3.63, 3.8) is 0 Å². The fourth-order valence-electron chi connectivity index (χ4n) is 6.87. The summed E-state index contributed by atoms with van der Waals surface area (Å²) in [7, 11) is 0. The van der Waals surface area contributed by atoms with Crippen LogP contribution in [-0.4, -0.2) is 33.1 Å². The number of allylic oxidation sites excluding steroid dienone is 5. The van der Waals surface area contributed by atoms with E-state index in [0.29, 0.717) is 30.1 Å². The van der Waals surface area contributed by atoms with Gasteiger partial charge in [0.15, 0.2) is 0 Å². The molecule has 33 heavy (non-hydrogen) atoms. The van der Waals surface area contributed by atoms with Crippen molar-refractivity contribution >= 4 is 0 Å². The van der Waals surface area contributed by atoms with Gasteiger partial charge in [-0.1, -0.05) is 56.7 Å². The molecule has 3 fully saturated rings. The van der Waals surface area contributed by atoms with Gasteiger partial charge in [0.1, 0.15) is 0 Å². The van der Waals surface area contributed by atoms with Crippen molar-refractivity contribution in [1.29, 1.82) is 0 Å². The highest BCUT2D eigenvalue weighted by molar-refractivity contribution is 5.38. The predicted molar refractivity (Wildman–Crippen MR) is 138 cm³/mol. The van der Waals surface area contributed by atoms with Crippen molar-refractivity contribution in [2.45, 2.75) is 116 Å². The van der Waals surface area contributed by atoms with Crippen molar-refractivity contribution < 1.29 is 15.3 Å². The van der Waals surface area contributed by atoms with E-state index in [-0.39, 0.29) is 0 Å². The Morgan fingerprint density at radius 3 is 2.67 bits per heavy atom. The van der Waals surface area contributed by atoms with E-state index in [9.17, 15) is 15.3 Å². The molecule has 0 aromatic carbocycles. The lowest BCUT2D eigenvalue weighted by Crippen LogP contribution is -2.35. The Hall–Kier alpha value is -1.16. The lowest BCUT2D eigenvalue weighted by molar-refractivity contribution is 0.0683. The van der Waals surface area contributed by atoms with Gasteiger partial charge in [0.05, 0.1) is 17.8 Å². The quantitative estimate of drug-likeness (QED) is 0.283. The van der Waals surface area contributed by atoms with E-state index in [2.05, 4.69) is 44.7 Å². The average molecular weight is 457 g/mol. The molecule has 186 valence electrons. The largest absolute Gasteiger partial charge is 0.393 e. The van der Waals surface area contributed by atoms with Gasteiger partial charge in [0.25, 0.3) is 0 Å². The molecule has 3 rings (SSSR count). The average Bonchev–Trinajstić information content (AvgIpc) is 3.08. The lowest BCUT2D eigenvalue weighted by atomic mass is 9.61. The van der Waals surface area contributed by atoms with Gasteiger partial charge >= 0.3 is 0 Å². The fraction of sp³-hybridized carbons (Fsp3) is 0.733. The molecule has 0 heterocycles. The van der Waals surface area contributed by atoms with Crippen LogP contribution in [0.5, 0.6) is 0 Å². The molecule has 2 unspecified atom stereocenters. The van der Waals surface area contributed by atoms with Crippen LogP contribution < -0.4 is 0 Å². The van der Waals surface area contributed by atoms with E-state index in [1.54, 1.807) is 5.57 Å². The molecule has 3 heteroatoms.